The van der Waals surface area contributed by atoms with Gasteiger partial charge in [0.2, 0.25) is 0 Å². The fourth-order valence-corrected chi connectivity index (χ4v) is 2.31. The highest BCUT2D eigenvalue weighted by Gasteiger charge is 2.24. The van der Waals surface area contributed by atoms with Gasteiger partial charge in [-0.1, -0.05) is 6.92 Å². The van der Waals surface area contributed by atoms with Crippen molar-refractivity contribution >= 4 is 5.82 Å². The Kier molecular flexibility index (Phi) is 3.07. The van der Waals surface area contributed by atoms with E-state index in [0.717, 1.165) is 25.3 Å². The van der Waals surface area contributed by atoms with Gasteiger partial charge in [0, 0.05) is 25.3 Å². The second-order valence-electron chi connectivity index (χ2n) is 4.49. The van der Waals surface area contributed by atoms with Crippen LogP contribution in [0.15, 0.2) is 18.3 Å². The van der Waals surface area contributed by atoms with Gasteiger partial charge in [0.05, 0.1) is 5.56 Å². The Bertz CT molecular complexity index is 400. The van der Waals surface area contributed by atoms with Gasteiger partial charge in [-0.25, -0.2) is 4.98 Å². The summed E-state index contributed by atoms with van der Waals surface area (Å²) in [6.45, 7) is 3.90. The first-order chi connectivity index (χ1) is 7.70. The van der Waals surface area contributed by atoms with E-state index in [1.165, 1.54) is 0 Å². The van der Waals surface area contributed by atoms with E-state index in [2.05, 4.69) is 22.9 Å². The van der Waals surface area contributed by atoms with Crippen LogP contribution >= 0.6 is 0 Å². The maximum Gasteiger partial charge on any atom is 0.146 e. The smallest absolute Gasteiger partial charge is 0.146 e. The first kappa shape index (κ1) is 10.9. The van der Waals surface area contributed by atoms with Crippen LogP contribution in [-0.2, 0) is 0 Å². The number of nitrogens with zero attached hydrogens (tertiary/aromatic N) is 3. The first-order valence-corrected chi connectivity index (χ1v) is 5.56. The van der Waals surface area contributed by atoms with E-state index in [9.17, 15) is 0 Å². The van der Waals surface area contributed by atoms with Crippen molar-refractivity contribution < 1.29 is 0 Å². The molecule has 0 radical (unpaired) electrons. The fourth-order valence-electron chi connectivity index (χ4n) is 2.31. The molecule has 1 aliphatic rings. The van der Waals surface area contributed by atoms with E-state index in [-0.39, 0.29) is 6.04 Å². The van der Waals surface area contributed by atoms with Crippen molar-refractivity contribution in [2.75, 3.05) is 18.0 Å². The van der Waals surface area contributed by atoms with Crippen molar-refractivity contribution in [1.82, 2.24) is 4.98 Å². The minimum absolute atomic E-state index is 0.178. The lowest BCUT2D eigenvalue weighted by Crippen LogP contribution is -2.47. The Labute approximate surface area is 95.7 Å². The van der Waals surface area contributed by atoms with Crippen LogP contribution in [0.1, 0.15) is 18.9 Å². The molecule has 0 aromatic carbocycles. The van der Waals surface area contributed by atoms with Gasteiger partial charge in [0.1, 0.15) is 11.9 Å². The quantitative estimate of drug-likeness (QED) is 0.764. The lowest BCUT2D eigenvalue weighted by atomic mass is 9.96. The zero-order valence-electron chi connectivity index (χ0n) is 9.43. The number of nitrogens with two attached hydrogens (primary N) is 1. The fraction of sp³-hybridized carbons (Fsp3) is 0.500. The molecule has 2 N–H and O–H groups in total. The Balaban J connectivity index is 2.26. The molecule has 1 aromatic rings. The third kappa shape index (κ3) is 2.15. The highest BCUT2D eigenvalue weighted by molar-refractivity contribution is 5.53. The molecule has 2 atom stereocenters. The SMILES string of the molecule is CC1CC(N)CN(c2ncccc2C#N)C1. The van der Waals surface area contributed by atoms with Gasteiger partial charge >= 0.3 is 0 Å². The van der Waals surface area contributed by atoms with Crippen LogP contribution in [0.2, 0.25) is 0 Å². The molecule has 4 heteroatoms. The number of hydrogen-bond acceptors (Lipinski definition) is 4. The lowest BCUT2D eigenvalue weighted by molar-refractivity contribution is 0.400. The molecule has 0 saturated carbocycles. The van der Waals surface area contributed by atoms with Crippen molar-refractivity contribution in [1.29, 1.82) is 5.26 Å². The maximum atomic E-state index is 9.03. The first-order valence-electron chi connectivity index (χ1n) is 5.56. The molecule has 1 saturated heterocycles. The minimum atomic E-state index is 0.178. The number of piperidine rings is 1. The van der Waals surface area contributed by atoms with Crippen molar-refractivity contribution in [2.24, 2.45) is 11.7 Å². The molecule has 4 nitrogen and oxygen atoms in total. The number of hydrogen-bond donors (Lipinski definition) is 1. The summed E-state index contributed by atoms with van der Waals surface area (Å²) in [5, 5.41) is 9.03. The predicted molar refractivity (Wildman–Crippen MR) is 62.9 cm³/mol. The Hall–Kier alpha value is -1.60. The van der Waals surface area contributed by atoms with Gasteiger partial charge in [0.15, 0.2) is 0 Å². The van der Waals surface area contributed by atoms with E-state index in [1.54, 1.807) is 18.3 Å². The molecule has 2 unspecified atom stereocenters. The molecule has 0 aliphatic carbocycles. The van der Waals surface area contributed by atoms with Crippen molar-refractivity contribution in [3.05, 3.63) is 23.9 Å². The molecule has 2 rings (SSSR count). The van der Waals surface area contributed by atoms with Crippen LogP contribution in [0, 0.1) is 17.2 Å². The molecule has 1 aromatic heterocycles. The Morgan fingerprint density at radius 3 is 3.06 bits per heavy atom. The van der Waals surface area contributed by atoms with E-state index in [4.69, 9.17) is 11.0 Å². The van der Waals surface area contributed by atoms with Gasteiger partial charge in [0.25, 0.3) is 0 Å². The molecule has 2 heterocycles. The van der Waals surface area contributed by atoms with Crippen LogP contribution in [0.5, 0.6) is 0 Å². The predicted octanol–water partition coefficient (Wildman–Crippen LogP) is 1.13. The van der Waals surface area contributed by atoms with Crippen molar-refractivity contribution in [2.45, 2.75) is 19.4 Å². The second-order valence-corrected chi connectivity index (χ2v) is 4.49. The highest BCUT2D eigenvalue weighted by atomic mass is 15.2. The average molecular weight is 216 g/mol. The van der Waals surface area contributed by atoms with Gasteiger partial charge in [-0.3, -0.25) is 0 Å². The molecular weight excluding hydrogens is 200 g/mol. The standard InChI is InChI=1S/C12H16N4/c1-9-5-11(14)8-16(7-9)12-10(6-13)3-2-4-15-12/h2-4,9,11H,5,7-8,14H2,1H3. The van der Waals surface area contributed by atoms with Crippen molar-refractivity contribution in [3.63, 3.8) is 0 Å². The monoisotopic (exact) mass is 216 g/mol. The molecule has 0 amide bonds. The second kappa shape index (κ2) is 4.50. The Morgan fingerprint density at radius 1 is 1.56 bits per heavy atom. The highest BCUT2D eigenvalue weighted by Crippen LogP contribution is 2.23. The molecule has 1 fully saturated rings. The number of rotatable bonds is 1. The summed E-state index contributed by atoms with van der Waals surface area (Å²) < 4.78 is 0. The van der Waals surface area contributed by atoms with Gasteiger partial charge in [-0.15, -0.1) is 0 Å². The van der Waals surface area contributed by atoms with E-state index in [0.29, 0.717) is 11.5 Å². The minimum Gasteiger partial charge on any atom is -0.354 e. The number of aromatic nitrogens is 1. The molecule has 0 bridgehead atoms. The van der Waals surface area contributed by atoms with Crippen LogP contribution in [0.25, 0.3) is 0 Å². The van der Waals surface area contributed by atoms with E-state index in [1.807, 2.05) is 0 Å². The third-order valence-corrected chi connectivity index (χ3v) is 2.90. The summed E-state index contributed by atoms with van der Waals surface area (Å²) in [4.78, 5) is 6.41. The zero-order valence-corrected chi connectivity index (χ0v) is 9.43. The third-order valence-electron chi connectivity index (χ3n) is 2.90. The number of pyridine rings is 1. The molecule has 84 valence electrons. The summed E-state index contributed by atoms with van der Waals surface area (Å²) in [5.41, 5.74) is 6.62. The summed E-state index contributed by atoms with van der Waals surface area (Å²) in [7, 11) is 0. The number of anilines is 1. The normalized spacial score (nSPS) is 25.2. The zero-order chi connectivity index (χ0) is 11.5. The summed E-state index contributed by atoms with van der Waals surface area (Å²) >= 11 is 0. The van der Waals surface area contributed by atoms with Gasteiger partial charge in [-0.2, -0.15) is 5.26 Å². The Morgan fingerprint density at radius 2 is 2.38 bits per heavy atom. The van der Waals surface area contributed by atoms with Crippen molar-refractivity contribution in [3.8, 4) is 6.07 Å². The van der Waals surface area contributed by atoms with Crippen LogP contribution in [-0.4, -0.2) is 24.1 Å². The summed E-state index contributed by atoms with van der Waals surface area (Å²) in [6, 6.07) is 5.94. The van der Waals surface area contributed by atoms with Gasteiger partial charge < -0.3 is 10.6 Å². The molecule has 1 aliphatic heterocycles. The molecule has 16 heavy (non-hydrogen) atoms. The van der Waals surface area contributed by atoms with Gasteiger partial charge in [-0.05, 0) is 24.5 Å². The average Bonchev–Trinajstić information content (AvgIpc) is 2.27. The summed E-state index contributed by atoms with van der Waals surface area (Å²) in [6.07, 6.45) is 2.77. The van der Waals surface area contributed by atoms with Crippen LogP contribution < -0.4 is 10.6 Å². The summed E-state index contributed by atoms with van der Waals surface area (Å²) in [5.74, 6) is 1.32. The van der Waals surface area contributed by atoms with Crippen LogP contribution in [0.4, 0.5) is 5.82 Å². The maximum absolute atomic E-state index is 9.03. The van der Waals surface area contributed by atoms with E-state index >= 15 is 0 Å². The van der Waals surface area contributed by atoms with E-state index < -0.39 is 0 Å². The molecular formula is C12H16N4. The largest absolute Gasteiger partial charge is 0.354 e. The topological polar surface area (TPSA) is 65.9 Å². The van der Waals surface area contributed by atoms with Crippen LogP contribution in [0.3, 0.4) is 0 Å². The number of nitriles is 1. The lowest BCUT2D eigenvalue weighted by Gasteiger charge is -2.35. The molecule has 0 spiro atoms.